The van der Waals surface area contributed by atoms with Crippen molar-refractivity contribution < 1.29 is 9.53 Å². The molecule has 1 atom stereocenters. The van der Waals surface area contributed by atoms with Crippen LogP contribution in [-0.4, -0.2) is 25.1 Å². The van der Waals surface area contributed by atoms with Gasteiger partial charge in [-0.15, -0.1) is 0 Å². The maximum atomic E-state index is 11.8. The SMILES string of the molecule is CCCC(C)NC(=O)COc1ccc(Br)c(CNCC)c1. The van der Waals surface area contributed by atoms with Crippen molar-refractivity contribution in [2.45, 2.75) is 46.2 Å². The number of halogens is 1. The van der Waals surface area contributed by atoms with Gasteiger partial charge in [-0.2, -0.15) is 0 Å². The third-order valence-electron chi connectivity index (χ3n) is 3.08. The Balaban J connectivity index is 2.49. The summed E-state index contributed by atoms with van der Waals surface area (Å²) in [6.45, 7) is 7.91. The van der Waals surface area contributed by atoms with Gasteiger partial charge in [0.15, 0.2) is 6.61 Å². The van der Waals surface area contributed by atoms with E-state index in [9.17, 15) is 4.79 Å². The first-order valence-electron chi connectivity index (χ1n) is 7.48. The molecule has 0 aliphatic heterocycles. The van der Waals surface area contributed by atoms with Crippen molar-refractivity contribution in [1.29, 1.82) is 0 Å². The summed E-state index contributed by atoms with van der Waals surface area (Å²) in [5, 5.41) is 6.20. The largest absolute Gasteiger partial charge is 0.484 e. The maximum Gasteiger partial charge on any atom is 0.258 e. The van der Waals surface area contributed by atoms with Gasteiger partial charge in [-0.1, -0.05) is 36.2 Å². The van der Waals surface area contributed by atoms with E-state index in [-0.39, 0.29) is 18.6 Å². The van der Waals surface area contributed by atoms with Crippen molar-refractivity contribution in [2.75, 3.05) is 13.2 Å². The molecule has 0 aromatic heterocycles. The fraction of sp³-hybridized carbons (Fsp3) is 0.562. The molecule has 0 saturated carbocycles. The smallest absolute Gasteiger partial charge is 0.258 e. The predicted octanol–water partition coefficient (Wildman–Crippen LogP) is 3.24. The van der Waals surface area contributed by atoms with Crippen molar-refractivity contribution in [3.63, 3.8) is 0 Å². The average molecular weight is 357 g/mol. The molecule has 0 bridgehead atoms. The molecule has 0 spiro atoms. The summed E-state index contributed by atoms with van der Waals surface area (Å²) in [6, 6.07) is 5.96. The summed E-state index contributed by atoms with van der Waals surface area (Å²) in [7, 11) is 0. The number of hydrogen-bond donors (Lipinski definition) is 2. The van der Waals surface area contributed by atoms with E-state index in [4.69, 9.17) is 4.74 Å². The lowest BCUT2D eigenvalue weighted by Gasteiger charge is -2.14. The molecule has 0 radical (unpaired) electrons. The van der Waals surface area contributed by atoms with Gasteiger partial charge in [-0.05, 0) is 43.7 Å². The molecule has 1 aromatic carbocycles. The number of nitrogens with one attached hydrogen (secondary N) is 2. The van der Waals surface area contributed by atoms with Gasteiger partial charge in [-0.25, -0.2) is 0 Å². The van der Waals surface area contributed by atoms with Crippen molar-refractivity contribution in [1.82, 2.24) is 10.6 Å². The highest BCUT2D eigenvalue weighted by Crippen LogP contribution is 2.22. The molecule has 1 aromatic rings. The molecule has 21 heavy (non-hydrogen) atoms. The van der Waals surface area contributed by atoms with Crippen LogP contribution in [0.1, 0.15) is 39.2 Å². The number of carbonyl (C=O) groups excluding carboxylic acids is 1. The molecular formula is C16H25BrN2O2. The molecule has 0 saturated heterocycles. The van der Waals surface area contributed by atoms with Gasteiger partial charge in [0.05, 0.1) is 0 Å². The standard InChI is InChI=1S/C16H25BrN2O2/c1-4-6-12(3)19-16(20)11-21-14-7-8-15(17)13(9-14)10-18-5-2/h7-9,12,18H,4-6,10-11H2,1-3H3,(H,19,20). The Morgan fingerprint density at radius 2 is 2.14 bits per heavy atom. The second-order valence-corrected chi connectivity index (χ2v) is 5.93. The first-order chi connectivity index (χ1) is 10.1. The molecule has 0 heterocycles. The summed E-state index contributed by atoms with van der Waals surface area (Å²) in [6.07, 6.45) is 2.04. The number of hydrogen-bond acceptors (Lipinski definition) is 3. The quantitative estimate of drug-likeness (QED) is 0.713. The Morgan fingerprint density at radius 3 is 2.81 bits per heavy atom. The first-order valence-corrected chi connectivity index (χ1v) is 8.27. The maximum absolute atomic E-state index is 11.8. The summed E-state index contributed by atoms with van der Waals surface area (Å²) in [4.78, 5) is 11.8. The molecule has 1 unspecified atom stereocenters. The van der Waals surface area contributed by atoms with E-state index < -0.39 is 0 Å². The Bertz CT molecular complexity index is 452. The van der Waals surface area contributed by atoms with Crippen LogP contribution < -0.4 is 15.4 Å². The Kier molecular flexibility index (Phi) is 8.38. The minimum atomic E-state index is -0.0768. The van der Waals surface area contributed by atoms with E-state index in [1.165, 1.54) is 0 Å². The number of ether oxygens (including phenoxy) is 1. The third kappa shape index (κ3) is 6.96. The second-order valence-electron chi connectivity index (χ2n) is 5.08. The molecule has 0 aliphatic carbocycles. The molecular weight excluding hydrogens is 332 g/mol. The van der Waals surface area contributed by atoms with Gasteiger partial charge in [0, 0.05) is 17.1 Å². The van der Waals surface area contributed by atoms with Crippen molar-refractivity contribution in [3.05, 3.63) is 28.2 Å². The van der Waals surface area contributed by atoms with E-state index in [1.807, 2.05) is 25.1 Å². The lowest BCUT2D eigenvalue weighted by molar-refractivity contribution is -0.123. The van der Waals surface area contributed by atoms with Crippen LogP contribution in [0, 0.1) is 0 Å². The number of amides is 1. The Hall–Kier alpha value is -1.07. The molecule has 0 fully saturated rings. The molecule has 0 aliphatic rings. The van der Waals surface area contributed by atoms with Crippen LogP contribution in [0.2, 0.25) is 0 Å². The van der Waals surface area contributed by atoms with E-state index in [0.717, 1.165) is 36.0 Å². The van der Waals surface area contributed by atoms with E-state index in [0.29, 0.717) is 5.75 Å². The summed E-state index contributed by atoms with van der Waals surface area (Å²) in [5.41, 5.74) is 1.12. The van der Waals surface area contributed by atoms with E-state index in [2.05, 4.69) is 40.4 Å². The van der Waals surface area contributed by atoms with Gasteiger partial charge in [0.2, 0.25) is 0 Å². The van der Waals surface area contributed by atoms with Crippen LogP contribution in [0.4, 0.5) is 0 Å². The van der Waals surface area contributed by atoms with Crippen LogP contribution in [0.5, 0.6) is 5.75 Å². The average Bonchev–Trinajstić information content (AvgIpc) is 2.45. The number of rotatable bonds is 9. The van der Waals surface area contributed by atoms with Crippen LogP contribution >= 0.6 is 15.9 Å². The van der Waals surface area contributed by atoms with Crippen molar-refractivity contribution in [2.24, 2.45) is 0 Å². The third-order valence-corrected chi connectivity index (χ3v) is 3.86. The fourth-order valence-corrected chi connectivity index (χ4v) is 2.39. The molecule has 1 rings (SSSR count). The van der Waals surface area contributed by atoms with Gasteiger partial charge in [0.25, 0.3) is 5.91 Å². The Labute approximate surface area is 135 Å². The predicted molar refractivity (Wildman–Crippen MR) is 89.5 cm³/mol. The minimum Gasteiger partial charge on any atom is -0.484 e. The van der Waals surface area contributed by atoms with E-state index >= 15 is 0 Å². The fourth-order valence-electron chi connectivity index (χ4n) is 2.01. The zero-order valence-electron chi connectivity index (χ0n) is 13.0. The van der Waals surface area contributed by atoms with Gasteiger partial charge >= 0.3 is 0 Å². The molecule has 1 amide bonds. The zero-order chi connectivity index (χ0) is 15.7. The summed E-state index contributed by atoms with van der Waals surface area (Å²) in [5.74, 6) is 0.636. The van der Waals surface area contributed by atoms with Crippen molar-refractivity contribution in [3.8, 4) is 5.75 Å². The molecule has 4 nitrogen and oxygen atoms in total. The van der Waals surface area contributed by atoms with Gasteiger partial charge < -0.3 is 15.4 Å². The highest BCUT2D eigenvalue weighted by atomic mass is 79.9. The first kappa shape index (κ1) is 18.0. The van der Waals surface area contributed by atoms with Crippen molar-refractivity contribution >= 4 is 21.8 Å². The molecule has 5 heteroatoms. The van der Waals surface area contributed by atoms with Crippen LogP contribution in [0.25, 0.3) is 0 Å². The normalized spacial score (nSPS) is 12.0. The van der Waals surface area contributed by atoms with Crippen LogP contribution in [0.3, 0.4) is 0 Å². The Morgan fingerprint density at radius 1 is 1.38 bits per heavy atom. The summed E-state index contributed by atoms with van der Waals surface area (Å²) < 4.78 is 6.60. The highest BCUT2D eigenvalue weighted by molar-refractivity contribution is 9.10. The number of carbonyl (C=O) groups is 1. The van der Waals surface area contributed by atoms with Gasteiger partial charge in [-0.3, -0.25) is 4.79 Å². The van der Waals surface area contributed by atoms with E-state index in [1.54, 1.807) is 0 Å². The van der Waals surface area contributed by atoms with Crippen LogP contribution in [-0.2, 0) is 11.3 Å². The second kappa shape index (κ2) is 9.79. The highest BCUT2D eigenvalue weighted by Gasteiger charge is 2.08. The number of benzene rings is 1. The topological polar surface area (TPSA) is 50.4 Å². The summed E-state index contributed by atoms with van der Waals surface area (Å²) >= 11 is 3.52. The lowest BCUT2D eigenvalue weighted by atomic mass is 10.2. The monoisotopic (exact) mass is 356 g/mol. The molecule has 118 valence electrons. The van der Waals surface area contributed by atoms with Crippen LogP contribution in [0.15, 0.2) is 22.7 Å². The minimum absolute atomic E-state index is 0.0519. The molecule has 2 N–H and O–H groups in total. The lowest BCUT2D eigenvalue weighted by Crippen LogP contribution is -2.35. The van der Waals surface area contributed by atoms with Gasteiger partial charge in [0.1, 0.15) is 5.75 Å². The zero-order valence-corrected chi connectivity index (χ0v) is 14.6.